The molecule has 0 bridgehead atoms. The van der Waals surface area contributed by atoms with E-state index in [1.807, 2.05) is 19.9 Å². The van der Waals surface area contributed by atoms with Crippen molar-refractivity contribution in [3.8, 4) is 0 Å². The van der Waals surface area contributed by atoms with E-state index in [0.29, 0.717) is 31.2 Å². The third-order valence-corrected chi connectivity index (χ3v) is 16.1. The molecule has 11 unspecified atom stereocenters. The summed E-state index contributed by atoms with van der Waals surface area (Å²) in [5, 5.41) is 76.1. The van der Waals surface area contributed by atoms with E-state index in [4.69, 9.17) is 29.4 Å². The number of rotatable bonds is 30. The molecular formula is C53H93N5O16. The quantitative estimate of drug-likeness (QED) is 0.0362. The first-order valence-corrected chi connectivity index (χ1v) is 27.5. The third kappa shape index (κ3) is 18.7. The highest BCUT2D eigenvalue weighted by Crippen LogP contribution is 2.41. The van der Waals surface area contributed by atoms with Crippen LogP contribution in [0.15, 0.2) is 12.7 Å². The highest BCUT2D eigenvalue weighted by Gasteiger charge is 2.53. The topological polar surface area (TPSA) is 327 Å². The zero-order valence-corrected chi connectivity index (χ0v) is 44.9. The molecule has 2 saturated heterocycles. The van der Waals surface area contributed by atoms with Crippen LogP contribution < -0.4 is 27.0 Å². The van der Waals surface area contributed by atoms with Crippen LogP contribution in [0.2, 0.25) is 0 Å². The number of allylic oxidation sites excluding steroid dienone is 1. The Kier molecular flexibility index (Phi) is 26.6. The fourth-order valence-corrected chi connectivity index (χ4v) is 11.2. The number of nitrogens with one attached hydrogen (secondary N) is 4. The van der Waals surface area contributed by atoms with Crippen molar-refractivity contribution < 1.29 is 78.3 Å². The Morgan fingerprint density at radius 2 is 1.50 bits per heavy atom. The molecule has 0 radical (unpaired) electrons. The van der Waals surface area contributed by atoms with Gasteiger partial charge in [0.1, 0.15) is 42.7 Å². The highest BCUT2D eigenvalue weighted by molar-refractivity contribution is 5.83. The van der Waals surface area contributed by atoms with Crippen molar-refractivity contribution in [2.24, 2.45) is 35.3 Å². The number of nitrogens with two attached hydrogens (primary N) is 1. The van der Waals surface area contributed by atoms with E-state index < -0.39 is 110 Å². The van der Waals surface area contributed by atoms with Crippen molar-refractivity contribution in [3.63, 3.8) is 0 Å². The third-order valence-electron chi connectivity index (χ3n) is 16.1. The molecule has 0 aromatic heterocycles. The van der Waals surface area contributed by atoms with E-state index in [-0.39, 0.29) is 74.4 Å². The predicted molar refractivity (Wildman–Crippen MR) is 273 cm³/mol. The van der Waals surface area contributed by atoms with Crippen molar-refractivity contribution in [2.45, 2.75) is 236 Å². The lowest BCUT2D eigenvalue weighted by Crippen LogP contribution is -2.67. The summed E-state index contributed by atoms with van der Waals surface area (Å²) in [5.41, 5.74) is 6.15. The summed E-state index contributed by atoms with van der Waals surface area (Å²) in [6.07, 6.45) is -4.28. The van der Waals surface area contributed by atoms with E-state index in [9.17, 15) is 54.6 Å². The van der Waals surface area contributed by atoms with Crippen LogP contribution in [-0.4, -0.2) is 172 Å². The minimum Gasteiger partial charge on any atom is -0.479 e. The summed E-state index contributed by atoms with van der Waals surface area (Å²) in [6, 6.07) is -1.35. The van der Waals surface area contributed by atoms with Crippen LogP contribution in [0, 0.1) is 29.6 Å². The molecule has 4 rings (SSSR count). The van der Waals surface area contributed by atoms with Crippen molar-refractivity contribution in [1.29, 1.82) is 0 Å². The van der Waals surface area contributed by atoms with Crippen LogP contribution in [0.1, 0.15) is 151 Å². The lowest BCUT2D eigenvalue weighted by atomic mass is 9.74. The fourth-order valence-electron chi connectivity index (χ4n) is 11.2. The Balaban J connectivity index is 1.49. The Labute approximate surface area is 438 Å². The Morgan fingerprint density at radius 1 is 0.838 bits per heavy atom. The van der Waals surface area contributed by atoms with Crippen LogP contribution in [0.3, 0.4) is 0 Å². The average molecular weight is 1060 g/mol. The molecule has 426 valence electrons. The van der Waals surface area contributed by atoms with Crippen molar-refractivity contribution in [3.05, 3.63) is 12.7 Å². The maximum atomic E-state index is 14.0. The summed E-state index contributed by atoms with van der Waals surface area (Å²) >= 11 is 0. The minimum absolute atomic E-state index is 0.0146. The maximum absolute atomic E-state index is 14.0. The molecular weight excluding hydrogens is 963 g/mol. The lowest BCUT2D eigenvalue weighted by Gasteiger charge is -2.49. The zero-order chi connectivity index (χ0) is 54.7. The van der Waals surface area contributed by atoms with E-state index >= 15 is 0 Å². The summed E-state index contributed by atoms with van der Waals surface area (Å²) in [7, 11) is 0. The Hall–Kier alpha value is -3.35. The summed E-state index contributed by atoms with van der Waals surface area (Å²) in [4.78, 5) is 65.0. The Morgan fingerprint density at radius 3 is 2.09 bits per heavy atom. The van der Waals surface area contributed by atoms with Gasteiger partial charge in [-0.05, 0) is 94.8 Å². The molecule has 2 aliphatic carbocycles. The second kappa shape index (κ2) is 31.2. The minimum atomic E-state index is -1.69. The van der Waals surface area contributed by atoms with E-state index in [1.165, 1.54) is 13.8 Å². The van der Waals surface area contributed by atoms with E-state index in [2.05, 4.69) is 41.7 Å². The lowest BCUT2D eigenvalue weighted by molar-refractivity contribution is -0.338. The largest absolute Gasteiger partial charge is 0.479 e. The van der Waals surface area contributed by atoms with Gasteiger partial charge in [-0.1, -0.05) is 65.9 Å². The fraction of sp³-hybridized carbons (Fsp3) is 0.868. The zero-order valence-electron chi connectivity index (χ0n) is 44.9. The SMILES string of the molecule is C=CCCC(C)C1CCC(C[C@H](OC2C(NC(C)=O)[C@H](O[C@@H]3CC(C(=O)NCCNC(=O)CCC(=O)NCCC(N)(CC)CCCC)CC(CC)C3O[C@@H]3OC(C)[C@@H](O)C(O)C3O)OC(CO)[C@@H]2O)C(=O)O)CC1. The number of carboxylic acid groups (broad SMARTS) is 1. The molecule has 0 aromatic carbocycles. The molecule has 4 aliphatic rings. The number of carboxylic acids is 1. The van der Waals surface area contributed by atoms with Crippen LogP contribution in [0.4, 0.5) is 0 Å². The van der Waals surface area contributed by atoms with Gasteiger partial charge in [-0.2, -0.15) is 0 Å². The van der Waals surface area contributed by atoms with Gasteiger partial charge in [0, 0.05) is 50.9 Å². The second-order valence-corrected chi connectivity index (χ2v) is 21.6. The van der Waals surface area contributed by atoms with Gasteiger partial charge in [-0.3, -0.25) is 19.2 Å². The van der Waals surface area contributed by atoms with Crippen molar-refractivity contribution >= 4 is 29.6 Å². The maximum Gasteiger partial charge on any atom is 0.332 e. The first kappa shape index (κ1) is 63.2. The molecule has 2 saturated carbocycles. The van der Waals surface area contributed by atoms with Gasteiger partial charge >= 0.3 is 5.97 Å². The number of aliphatic hydroxyl groups is 5. The number of amides is 4. The van der Waals surface area contributed by atoms with Gasteiger partial charge in [0.25, 0.3) is 0 Å². The number of aliphatic carboxylic acids is 1. The van der Waals surface area contributed by atoms with Gasteiger partial charge < -0.3 is 81.3 Å². The molecule has 21 nitrogen and oxygen atoms in total. The van der Waals surface area contributed by atoms with Crippen molar-refractivity contribution in [1.82, 2.24) is 21.3 Å². The molecule has 74 heavy (non-hydrogen) atoms. The summed E-state index contributed by atoms with van der Waals surface area (Å²) in [6.45, 7) is 14.6. The summed E-state index contributed by atoms with van der Waals surface area (Å²) < 4.78 is 31.4. The normalized spacial score (nSPS) is 34.1. The standard InChI is InChI=1S/C53H93N5O16/c1-8-12-14-30(5)35-17-15-33(16-18-35)26-38(50(68)69)71-48-42(58-32(7)60)51(73-39(29-59)44(48)64)72-37-28-36(27-34(10-3)47(37)74-52-46(66)45(65)43(63)31(6)70-52)49(67)57-25-24-56-41(62)20-19-40(61)55-23-22-53(54,11-4)21-13-9-2/h8,30-31,33-39,42-48,51-52,59,63-66H,1,9-29,54H2,2-7H3,(H,55,61)(H,56,62)(H,57,67)(H,58,60)(H,68,69)/t30?,31?,33?,34?,35?,36?,37-,38+,39?,42?,43-,44+,45?,46?,47?,48?,51-,52+,53?/m1/s1. The molecule has 4 amide bonds. The van der Waals surface area contributed by atoms with Gasteiger partial charge in [-0.15, -0.1) is 6.58 Å². The molecule has 0 aromatic rings. The smallest absolute Gasteiger partial charge is 0.332 e. The number of carbonyl (C=O) groups is 5. The Bertz CT molecular complexity index is 1760. The molecule has 2 heterocycles. The monoisotopic (exact) mass is 1060 g/mol. The number of hydrogen-bond donors (Lipinski definition) is 11. The number of hydrogen-bond acceptors (Lipinski definition) is 16. The predicted octanol–water partition coefficient (Wildman–Crippen LogP) is 2.06. The van der Waals surface area contributed by atoms with Crippen molar-refractivity contribution in [2.75, 3.05) is 26.2 Å². The van der Waals surface area contributed by atoms with E-state index in [1.54, 1.807) is 0 Å². The van der Waals surface area contributed by atoms with Gasteiger partial charge in [0.15, 0.2) is 18.7 Å². The molecule has 4 fully saturated rings. The second-order valence-electron chi connectivity index (χ2n) is 21.6. The molecule has 12 N–H and O–H groups in total. The molecule has 17 atom stereocenters. The molecule has 2 aliphatic heterocycles. The van der Waals surface area contributed by atoms with Crippen LogP contribution in [0.25, 0.3) is 0 Å². The first-order chi connectivity index (χ1) is 35.2. The first-order valence-electron chi connectivity index (χ1n) is 27.5. The van der Waals surface area contributed by atoms with Crippen LogP contribution >= 0.6 is 0 Å². The van der Waals surface area contributed by atoms with Gasteiger partial charge in [0.2, 0.25) is 23.6 Å². The number of aliphatic hydroxyl groups excluding tert-OH is 5. The summed E-state index contributed by atoms with van der Waals surface area (Å²) in [5.74, 6) is -3.06. The van der Waals surface area contributed by atoms with Gasteiger partial charge in [-0.25, -0.2) is 4.79 Å². The average Bonchev–Trinajstić information content (AvgIpc) is 3.38. The van der Waals surface area contributed by atoms with Crippen LogP contribution in [0.5, 0.6) is 0 Å². The highest BCUT2D eigenvalue weighted by atomic mass is 16.7. The number of ether oxygens (including phenoxy) is 5. The number of unbranched alkanes of at least 4 members (excludes halogenated alkanes) is 1. The van der Waals surface area contributed by atoms with Gasteiger partial charge in [0.05, 0.1) is 24.9 Å². The molecule has 21 heteroatoms. The number of carbonyl (C=O) groups excluding carboxylic acids is 4. The van der Waals surface area contributed by atoms with Crippen LogP contribution in [-0.2, 0) is 47.7 Å². The molecule has 0 spiro atoms. The van der Waals surface area contributed by atoms with E-state index in [0.717, 1.165) is 64.2 Å².